The highest BCUT2D eigenvalue weighted by atomic mass is 32.1. The molecule has 1 saturated heterocycles. The number of carbonyl (C=O) groups is 1. The van der Waals surface area contributed by atoms with Gasteiger partial charge in [-0.2, -0.15) is 5.10 Å². The van der Waals surface area contributed by atoms with E-state index in [2.05, 4.69) is 41.0 Å². The van der Waals surface area contributed by atoms with Gasteiger partial charge in [0.2, 0.25) is 0 Å². The highest BCUT2D eigenvalue weighted by Gasteiger charge is 2.29. The average molecular weight is 476 g/mol. The van der Waals surface area contributed by atoms with Gasteiger partial charge >= 0.3 is 5.97 Å². The van der Waals surface area contributed by atoms with Crippen molar-refractivity contribution in [1.82, 2.24) is 19.6 Å². The van der Waals surface area contributed by atoms with Gasteiger partial charge < -0.3 is 15.0 Å². The minimum Gasteiger partial charge on any atom is -0.465 e. The smallest absolute Gasteiger partial charge is 0.341 e. The summed E-state index contributed by atoms with van der Waals surface area (Å²) in [5, 5.41) is 9.39. The van der Waals surface area contributed by atoms with Crippen molar-refractivity contribution < 1.29 is 9.53 Å². The molecule has 32 heavy (non-hydrogen) atoms. The summed E-state index contributed by atoms with van der Waals surface area (Å²) in [4.78, 5) is 18.5. The van der Waals surface area contributed by atoms with Crippen LogP contribution < -0.4 is 5.32 Å². The molecule has 1 aliphatic heterocycles. The Labute approximate surface area is 199 Å². The Morgan fingerprint density at radius 1 is 1.34 bits per heavy atom. The number of aryl methyl sites for hydroxylation is 1. The fourth-order valence-electron chi connectivity index (χ4n) is 4.64. The number of carbonyl (C=O) groups excluding carboxylic acids is 1. The van der Waals surface area contributed by atoms with E-state index in [0.717, 1.165) is 69.1 Å². The highest BCUT2D eigenvalue weighted by molar-refractivity contribution is 7.80. The Morgan fingerprint density at radius 3 is 2.75 bits per heavy atom. The van der Waals surface area contributed by atoms with Crippen LogP contribution in [0.3, 0.4) is 0 Å². The maximum atomic E-state index is 12.5. The first-order valence-electron chi connectivity index (χ1n) is 11.4. The molecule has 2 aromatic rings. The number of rotatable bonds is 5. The molecule has 0 radical (unpaired) electrons. The number of hydrogen-bond donors (Lipinski definition) is 1. The summed E-state index contributed by atoms with van der Waals surface area (Å²) in [5.41, 5.74) is 4.38. The second-order valence-corrected chi connectivity index (χ2v) is 10.3. The number of methoxy groups -OCH3 is 1. The van der Waals surface area contributed by atoms with Crippen molar-refractivity contribution in [2.45, 2.75) is 53.1 Å². The molecule has 1 unspecified atom stereocenters. The van der Waals surface area contributed by atoms with Gasteiger partial charge in [-0.05, 0) is 56.8 Å². The topological polar surface area (TPSA) is 62.6 Å². The average Bonchev–Trinajstić information content (AvgIpc) is 3.32. The largest absolute Gasteiger partial charge is 0.465 e. The first-order chi connectivity index (χ1) is 15.4. The van der Waals surface area contributed by atoms with Crippen LogP contribution in [0, 0.1) is 12.8 Å². The van der Waals surface area contributed by atoms with Gasteiger partial charge in [-0.1, -0.05) is 6.92 Å². The third-order valence-electron chi connectivity index (χ3n) is 6.68. The Hall–Kier alpha value is -1.97. The molecule has 2 aliphatic rings. The number of piperazine rings is 1. The van der Waals surface area contributed by atoms with Gasteiger partial charge in [0.25, 0.3) is 0 Å². The van der Waals surface area contributed by atoms with E-state index in [0.29, 0.717) is 16.6 Å². The minimum absolute atomic E-state index is 0.268. The summed E-state index contributed by atoms with van der Waals surface area (Å²) in [5.74, 6) is 0.378. The quantitative estimate of drug-likeness (QED) is 0.523. The van der Waals surface area contributed by atoms with Crippen molar-refractivity contribution in [2.24, 2.45) is 5.92 Å². The molecule has 0 aromatic carbocycles. The lowest BCUT2D eigenvalue weighted by molar-refractivity contribution is 0.0601. The minimum atomic E-state index is -0.268. The maximum Gasteiger partial charge on any atom is 0.341 e. The number of hydrogen-bond acceptors (Lipinski definition) is 6. The van der Waals surface area contributed by atoms with Crippen LogP contribution in [0.1, 0.15) is 52.3 Å². The number of nitrogens with one attached hydrogen (secondary N) is 1. The normalized spacial score (nSPS) is 19.0. The number of ether oxygens (including phenoxy) is 1. The Bertz CT molecular complexity index is 991. The number of aromatic nitrogens is 2. The Morgan fingerprint density at radius 2 is 2.09 bits per heavy atom. The fourth-order valence-corrected chi connectivity index (χ4v) is 6.39. The SMILES string of the molecule is CCn1ncc(CN2CCN(C(=S)Nc3sc4c(c3C(=O)OC)CCC(C)C4)CC2)c1C. The van der Waals surface area contributed by atoms with Crippen molar-refractivity contribution >= 4 is 39.6 Å². The fraction of sp³-hybridized carbons (Fsp3) is 0.609. The molecule has 7 nitrogen and oxygen atoms in total. The van der Waals surface area contributed by atoms with Crippen molar-refractivity contribution in [2.75, 3.05) is 38.6 Å². The van der Waals surface area contributed by atoms with Crippen LogP contribution in [0.15, 0.2) is 6.20 Å². The second kappa shape index (κ2) is 9.89. The molecule has 2 aromatic heterocycles. The van der Waals surface area contributed by atoms with Gasteiger partial charge in [-0.25, -0.2) is 4.79 Å². The number of fused-ring (bicyclic) bond motifs is 1. The predicted octanol–water partition coefficient (Wildman–Crippen LogP) is 3.70. The zero-order valence-corrected chi connectivity index (χ0v) is 21.1. The van der Waals surface area contributed by atoms with Gasteiger partial charge in [-0.3, -0.25) is 9.58 Å². The molecular weight excluding hydrogens is 442 g/mol. The molecule has 1 aliphatic carbocycles. The molecule has 3 heterocycles. The monoisotopic (exact) mass is 475 g/mol. The van der Waals surface area contributed by atoms with E-state index in [1.807, 2.05) is 10.9 Å². The molecule has 1 fully saturated rings. The molecule has 0 bridgehead atoms. The summed E-state index contributed by atoms with van der Waals surface area (Å²) in [6.07, 6.45) is 5.05. The van der Waals surface area contributed by atoms with E-state index in [1.54, 1.807) is 11.3 Å². The molecule has 174 valence electrons. The third kappa shape index (κ3) is 4.70. The van der Waals surface area contributed by atoms with Crippen molar-refractivity contribution in [1.29, 1.82) is 0 Å². The van der Waals surface area contributed by atoms with Crippen molar-refractivity contribution in [3.05, 3.63) is 33.5 Å². The predicted molar refractivity (Wildman–Crippen MR) is 133 cm³/mol. The van der Waals surface area contributed by atoms with Crippen LogP contribution in [0.5, 0.6) is 0 Å². The van der Waals surface area contributed by atoms with E-state index < -0.39 is 0 Å². The Balaban J connectivity index is 1.39. The molecular formula is C23H33N5O2S2. The zero-order chi connectivity index (χ0) is 22.8. The van der Waals surface area contributed by atoms with E-state index in [9.17, 15) is 4.79 Å². The van der Waals surface area contributed by atoms with Crippen LogP contribution >= 0.6 is 23.6 Å². The van der Waals surface area contributed by atoms with Crippen LogP contribution in [0.4, 0.5) is 5.00 Å². The van der Waals surface area contributed by atoms with E-state index in [1.165, 1.54) is 23.2 Å². The Kier molecular flexibility index (Phi) is 7.17. The lowest BCUT2D eigenvalue weighted by atomic mass is 9.88. The molecule has 4 rings (SSSR count). The highest BCUT2D eigenvalue weighted by Crippen LogP contribution is 2.40. The van der Waals surface area contributed by atoms with Crippen LogP contribution in [-0.2, 0) is 30.7 Å². The maximum absolute atomic E-state index is 12.5. The van der Waals surface area contributed by atoms with Crippen molar-refractivity contribution in [3.63, 3.8) is 0 Å². The van der Waals surface area contributed by atoms with Gasteiger partial charge in [0.15, 0.2) is 5.11 Å². The first-order valence-corrected chi connectivity index (χ1v) is 12.7. The van der Waals surface area contributed by atoms with Gasteiger partial charge in [-0.15, -0.1) is 11.3 Å². The van der Waals surface area contributed by atoms with Gasteiger partial charge in [0.05, 0.1) is 18.9 Å². The molecule has 1 atom stereocenters. The molecule has 1 N–H and O–H groups in total. The third-order valence-corrected chi connectivity index (χ3v) is 8.21. The lowest BCUT2D eigenvalue weighted by Crippen LogP contribution is -2.49. The van der Waals surface area contributed by atoms with Crippen LogP contribution in [0.2, 0.25) is 0 Å². The summed E-state index contributed by atoms with van der Waals surface area (Å²) >= 11 is 7.41. The number of nitrogens with zero attached hydrogens (tertiary/aromatic N) is 4. The van der Waals surface area contributed by atoms with Gasteiger partial charge in [0, 0.05) is 55.4 Å². The van der Waals surface area contributed by atoms with E-state index >= 15 is 0 Å². The van der Waals surface area contributed by atoms with Crippen LogP contribution in [-0.4, -0.2) is 64.0 Å². The molecule has 9 heteroatoms. The standard InChI is InChI=1S/C23H33N5O2S2/c1-5-28-16(3)17(13-24-28)14-26-8-10-27(11-9-26)23(31)25-21-20(22(29)30-4)18-7-6-15(2)12-19(18)32-21/h13,15H,5-12,14H2,1-4H3,(H,25,31). The van der Waals surface area contributed by atoms with Gasteiger partial charge in [0.1, 0.15) is 5.00 Å². The number of anilines is 1. The number of thiophene rings is 1. The molecule has 0 amide bonds. The number of thiocarbonyl (C=S) groups is 1. The van der Waals surface area contributed by atoms with Crippen molar-refractivity contribution in [3.8, 4) is 0 Å². The first kappa shape index (κ1) is 23.2. The summed E-state index contributed by atoms with van der Waals surface area (Å²) in [6, 6.07) is 0. The summed E-state index contributed by atoms with van der Waals surface area (Å²) < 4.78 is 7.15. The second-order valence-electron chi connectivity index (χ2n) is 8.81. The van der Waals surface area contributed by atoms with Crippen LogP contribution in [0.25, 0.3) is 0 Å². The van der Waals surface area contributed by atoms with E-state index in [-0.39, 0.29) is 5.97 Å². The summed E-state index contributed by atoms with van der Waals surface area (Å²) in [6.45, 7) is 12.0. The molecule has 0 saturated carbocycles. The lowest BCUT2D eigenvalue weighted by Gasteiger charge is -2.36. The zero-order valence-electron chi connectivity index (χ0n) is 19.4. The van der Waals surface area contributed by atoms with E-state index in [4.69, 9.17) is 17.0 Å². The number of esters is 1. The molecule has 0 spiro atoms. The summed E-state index contributed by atoms with van der Waals surface area (Å²) in [7, 11) is 1.45.